The molecule has 2 aliphatic heterocycles. The average Bonchev–Trinajstić information content (AvgIpc) is 3.68. The molecule has 0 aliphatic carbocycles. The maximum Gasteiger partial charge on any atom is 0.417 e. The molecule has 0 saturated carbocycles. The normalized spacial score (nSPS) is 20.4. The Kier molecular flexibility index (Phi) is 16.1. The summed E-state index contributed by atoms with van der Waals surface area (Å²) in [4.78, 5) is 30.2. The molecule has 0 aromatic heterocycles. The summed E-state index contributed by atoms with van der Waals surface area (Å²) in [5, 5.41) is 26.4. The topological polar surface area (TPSA) is 131 Å². The molecule has 0 radical (unpaired) electrons. The highest BCUT2D eigenvalue weighted by molar-refractivity contribution is 7.81. The van der Waals surface area contributed by atoms with E-state index in [1.165, 1.54) is 36.4 Å². The Hall–Kier alpha value is -5.36. The van der Waals surface area contributed by atoms with Crippen molar-refractivity contribution in [2.75, 3.05) is 36.2 Å². The van der Waals surface area contributed by atoms with Crippen LogP contribution in [0.5, 0.6) is 5.75 Å². The Balaban J connectivity index is 0.973. The fourth-order valence-electron chi connectivity index (χ4n) is 8.98. The van der Waals surface area contributed by atoms with Crippen LogP contribution < -0.4 is 25.2 Å². The molecule has 10 nitrogen and oxygen atoms in total. The molecule has 0 spiro atoms. The number of amides is 2. The second kappa shape index (κ2) is 21.1. The smallest absolute Gasteiger partial charge is 0.417 e. The molecule has 1 unspecified atom stereocenters. The van der Waals surface area contributed by atoms with Gasteiger partial charge in [-0.25, -0.2) is 8.78 Å². The van der Waals surface area contributed by atoms with E-state index in [9.17, 15) is 33.3 Å². The van der Waals surface area contributed by atoms with Crippen molar-refractivity contribution in [2.24, 2.45) is 5.41 Å². The van der Waals surface area contributed by atoms with Gasteiger partial charge < -0.3 is 25.0 Å². The first-order chi connectivity index (χ1) is 32.1. The number of halogens is 7. The monoisotopic (exact) mass is 996 g/mol. The molecule has 2 fully saturated rings. The Morgan fingerprint density at radius 1 is 0.912 bits per heavy atom. The van der Waals surface area contributed by atoms with E-state index in [1.54, 1.807) is 49.1 Å². The van der Waals surface area contributed by atoms with Crippen LogP contribution >= 0.6 is 35.4 Å². The predicted octanol–water partition coefficient (Wildman–Crippen LogP) is 11.2. The molecule has 68 heavy (non-hydrogen) atoms. The third-order valence-electron chi connectivity index (χ3n) is 12.1. The van der Waals surface area contributed by atoms with Crippen molar-refractivity contribution < 1.29 is 41.0 Å². The molecular weight excluding hydrogens is 947 g/mol. The highest BCUT2D eigenvalue weighted by atomic mass is 35.5. The van der Waals surface area contributed by atoms with Crippen molar-refractivity contribution >= 4 is 63.7 Å². The fourth-order valence-corrected chi connectivity index (χ4v) is 9.84. The van der Waals surface area contributed by atoms with Gasteiger partial charge in [-0.2, -0.15) is 23.7 Å². The van der Waals surface area contributed by atoms with Crippen LogP contribution in [0.4, 0.5) is 33.3 Å². The van der Waals surface area contributed by atoms with Gasteiger partial charge in [0.2, 0.25) is 5.91 Å². The van der Waals surface area contributed by atoms with Gasteiger partial charge in [-0.15, -0.1) is 0 Å². The van der Waals surface area contributed by atoms with Crippen molar-refractivity contribution in [1.82, 2.24) is 10.6 Å². The molecule has 0 bridgehead atoms. The maximum atomic E-state index is 15.9. The van der Waals surface area contributed by atoms with Gasteiger partial charge in [0.05, 0.1) is 46.6 Å². The van der Waals surface area contributed by atoms with Gasteiger partial charge in [-0.3, -0.25) is 14.5 Å². The molecule has 2 heterocycles. The van der Waals surface area contributed by atoms with Gasteiger partial charge in [0, 0.05) is 48.0 Å². The van der Waals surface area contributed by atoms with Gasteiger partial charge in [0.1, 0.15) is 28.3 Å². The zero-order valence-corrected chi connectivity index (χ0v) is 40.4. The van der Waals surface area contributed by atoms with Crippen LogP contribution in [0.3, 0.4) is 0 Å². The number of benzene rings is 4. The highest BCUT2D eigenvalue weighted by Crippen LogP contribution is 2.53. The second-order valence-electron chi connectivity index (χ2n) is 18.5. The number of carbonyl (C=O) groups is 2. The molecule has 6 rings (SSSR count). The summed E-state index contributed by atoms with van der Waals surface area (Å²) in [6, 6.07) is 20.3. The lowest BCUT2D eigenvalue weighted by atomic mass is 9.62. The number of nitrogens with zero attached hydrogens (tertiary/aromatic N) is 4. The van der Waals surface area contributed by atoms with E-state index in [0.29, 0.717) is 44.1 Å². The minimum Gasteiger partial charge on any atom is -0.494 e. The van der Waals surface area contributed by atoms with Gasteiger partial charge in [0.15, 0.2) is 5.11 Å². The number of hydrogen-bond donors (Lipinski definition) is 2. The molecule has 2 N–H and O–H groups in total. The number of thiocarbonyl (C=S) groups is 1. The standard InChI is InChI=1S/C50H51Cl2F5N6O4S/c1-47(2,3)27-40-49(29-59,36-20-14-31(51)25-39(36)53)41(35-11-9-12-38(52)42(35)54)43(61-40)44(64)60-21-10-23-66-22-7-6-8-24-67-34-18-16-32(17-19-34)63-46(68)62(45(65)48(63,4)5)33-15-13-30(28-58)37(26-33)50(55,56)57/h9,11-20,25-26,40-41,43,61H,6-8,10,21-24,27H2,1-5H3,(H,60,64)/t40?,41-,43+,49-/m0/s1. The molecule has 18 heteroatoms. The van der Waals surface area contributed by atoms with Gasteiger partial charge in [0.25, 0.3) is 5.91 Å². The minimum absolute atomic E-state index is 0.00166. The highest BCUT2D eigenvalue weighted by Gasteiger charge is 2.61. The van der Waals surface area contributed by atoms with E-state index in [-0.39, 0.29) is 43.9 Å². The summed E-state index contributed by atoms with van der Waals surface area (Å²) in [7, 11) is 0. The lowest BCUT2D eigenvalue weighted by Crippen LogP contribution is -2.46. The predicted molar refractivity (Wildman–Crippen MR) is 255 cm³/mol. The van der Waals surface area contributed by atoms with Crippen LogP contribution in [0, 0.1) is 39.7 Å². The number of nitriles is 2. The van der Waals surface area contributed by atoms with Gasteiger partial charge >= 0.3 is 6.18 Å². The summed E-state index contributed by atoms with van der Waals surface area (Å²) >= 11 is 18.0. The molecule has 4 atom stereocenters. The van der Waals surface area contributed by atoms with E-state index in [4.69, 9.17) is 44.9 Å². The molecule has 360 valence electrons. The van der Waals surface area contributed by atoms with Crippen molar-refractivity contribution in [3.63, 3.8) is 0 Å². The van der Waals surface area contributed by atoms with Crippen LogP contribution in [-0.2, 0) is 25.9 Å². The van der Waals surface area contributed by atoms with Crippen molar-refractivity contribution in [3.8, 4) is 17.9 Å². The van der Waals surface area contributed by atoms with E-state index < -0.39 is 69.7 Å². The lowest BCUT2D eigenvalue weighted by Gasteiger charge is -2.37. The van der Waals surface area contributed by atoms with Crippen molar-refractivity contribution in [2.45, 2.75) is 102 Å². The van der Waals surface area contributed by atoms with Crippen LogP contribution in [0.15, 0.2) is 78.9 Å². The molecule has 4 aromatic rings. The number of hydrogen-bond acceptors (Lipinski definition) is 8. The third kappa shape index (κ3) is 10.9. The van der Waals surface area contributed by atoms with E-state index in [0.717, 1.165) is 42.4 Å². The number of nitrogens with one attached hydrogen (secondary N) is 2. The minimum atomic E-state index is -4.81. The number of ether oxygens (including phenoxy) is 2. The second-order valence-corrected chi connectivity index (χ2v) is 19.7. The number of anilines is 2. The lowest BCUT2D eigenvalue weighted by molar-refractivity contribution is -0.137. The van der Waals surface area contributed by atoms with E-state index in [1.807, 2.05) is 20.8 Å². The SMILES string of the molecule is CC(C)(C)CC1N[C@@H](C(=O)NCCCOCCCCCOc2ccc(N3C(=S)N(c4ccc(C#N)c(C(F)(F)F)c4)C(=O)C3(C)C)cc2)[C@H](c2cccc(Cl)c2F)[C@@]1(C#N)c1ccc(Cl)cc1F. The molecule has 2 saturated heterocycles. The Morgan fingerprint density at radius 3 is 2.24 bits per heavy atom. The maximum absolute atomic E-state index is 15.9. The van der Waals surface area contributed by atoms with Crippen molar-refractivity contribution in [3.05, 3.63) is 123 Å². The zero-order chi connectivity index (χ0) is 49.8. The molecule has 4 aromatic carbocycles. The van der Waals surface area contributed by atoms with Gasteiger partial charge in [-0.1, -0.05) is 62.2 Å². The largest absolute Gasteiger partial charge is 0.494 e. The zero-order valence-electron chi connectivity index (χ0n) is 38.1. The first kappa shape index (κ1) is 52.0. The van der Waals surface area contributed by atoms with Crippen LogP contribution in [0.25, 0.3) is 0 Å². The molecule has 2 aliphatic rings. The summed E-state index contributed by atoms with van der Waals surface area (Å²) in [6.45, 7) is 10.6. The Morgan fingerprint density at radius 2 is 1.59 bits per heavy atom. The Bertz CT molecular complexity index is 2610. The Labute approximate surface area is 408 Å². The van der Waals surface area contributed by atoms with Crippen LogP contribution in [0.2, 0.25) is 10.0 Å². The molecular formula is C50H51Cl2F5N6O4S. The van der Waals surface area contributed by atoms with Crippen molar-refractivity contribution in [1.29, 1.82) is 10.5 Å². The number of alkyl halides is 3. The quantitative estimate of drug-likeness (QED) is 0.0603. The first-order valence-electron chi connectivity index (χ1n) is 22.0. The fraction of sp³-hybridized carbons (Fsp3) is 0.420. The van der Waals surface area contributed by atoms with E-state index in [2.05, 4.69) is 16.7 Å². The number of carbonyl (C=O) groups excluding carboxylic acids is 2. The number of rotatable bonds is 17. The van der Waals surface area contributed by atoms with E-state index >= 15 is 8.78 Å². The summed E-state index contributed by atoms with van der Waals surface area (Å²) in [5.74, 6) is -3.14. The summed E-state index contributed by atoms with van der Waals surface area (Å²) in [5.41, 5.74) is -4.60. The first-order valence-corrected chi connectivity index (χ1v) is 23.2. The van der Waals surface area contributed by atoms with Gasteiger partial charge in [-0.05, 0) is 130 Å². The third-order valence-corrected chi connectivity index (χ3v) is 13.0. The van der Waals surface area contributed by atoms with Crippen LogP contribution in [0.1, 0.15) is 94.9 Å². The number of unbranched alkanes of at least 4 members (excludes halogenated alkanes) is 2. The molecule has 2 amide bonds. The average molecular weight is 998 g/mol. The van der Waals surface area contributed by atoms with Crippen LogP contribution in [-0.4, -0.2) is 60.9 Å². The summed E-state index contributed by atoms with van der Waals surface area (Å²) in [6.07, 6.45) is -1.72. The summed E-state index contributed by atoms with van der Waals surface area (Å²) < 4.78 is 84.7.